The summed E-state index contributed by atoms with van der Waals surface area (Å²) < 4.78 is 32.1. The van der Waals surface area contributed by atoms with E-state index >= 15 is 0 Å². The third-order valence-electron chi connectivity index (χ3n) is 5.17. The van der Waals surface area contributed by atoms with Gasteiger partial charge in [-0.3, -0.25) is 9.10 Å². The zero-order valence-electron chi connectivity index (χ0n) is 16.8. The van der Waals surface area contributed by atoms with E-state index in [0.717, 1.165) is 17.1 Å². The zero-order valence-corrected chi connectivity index (χ0v) is 17.6. The van der Waals surface area contributed by atoms with Crippen LogP contribution in [0, 0.1) is 0 Å². The molecule has 2 aromatic carbocycles. The Balaban J connectivity index is 2.01. The average molecular weight is 432 g/mol. The molecule has 0 radical (unpaired) electrons. The second-order valence-corrected chi connectivity index (χ2v) is 9.08. The summed E-state index contributed by atoms with van der Waals surface area (Å²) in [5.41, 5.74) is 0.0704. The summed E-state index contributed by atoms with van der Waals surface area (Å²) in [6.07, 6.45) is 1.63. The van der Waals surface area contributed by atoms with E-state index in [1.165, 1.54) is 37.4 Å². The molecule has 1 aliphatic heterocycles. The highest BCUT2D eigenvalue weighted by Gasteiger charge is 2.31. The van der Waals surface area contributed by atoms with Crippen molar-refractivity contribution < 1.29 is 27.9 Å². The van der Waals surface area contributed by atoms with Gasteiger partial charge in [0, 0.05) is 26.3 Å². The number of carboxylic acid groups (broad SMARTS) is 1. The Labute approximate surface area is 175 Å². The second-order valence-electron chi connectivity index (χ2n) is 7.11. The Kier molecular flexibility index (Phi) is 6.42. The number of aromatic carboxylic acids is 1. The fourth-order valence-electron chi connectivity index (χ4n) is 3.56. The van der Waals surface area contributed by atoms with Crippen LogP contribution in [0.2, 0.25) is 0 Å². The van der Waals surface area contributed by atoms with Crippen molar-refractivity contribution in [2.24, 2.45) is 0 Å². The lowest BCUT2D eigenvalue weighted by atomic mass is 10.1. The third-order valence-corrected chi connectivity index (χ3v) is 6.97. The molecule has 3 rings (SSSR count). The van der Waals surface area contributed by atoms with Gasteiger partial charge in [0.05, 0.1) is 28.8 Å². The van der Waals surface area contributed by atoms with E-state index in [1.54, 1.807) is 30.2 Å². The van der Waals surface area contributed by atoms with E-state index < -0.39 is 16.0 Å². The van der Waals surface area contributed by atoms with E-state index in [0.29, 0.717) is 13.2 Å². The molecule has 2 aromatic rings. The van der Waals surface area contributed by atoms with Crippen LogP contribution >= 0.6 is 0 Å². The summed E-state index contributed by atoms with van der Waals surface area (Å²) in [6, 6.07) is 11.7. The summed E-state index contributed by atoms with van der Waals surface area (Å²) in [7, 11) is -1.02. The van der Waals surface area contributed by atoms with Gasteiger partial charge in [0.1, 0.15) is 0 Å². The number of rotatable bonds is 7. The van der Waals surface area contributed by atoms with Crippen molar-refractivity contribution in [2.45, 2.75) is 23.8 Å². The van der Waals surface area contributed by atoms with Crippen LogP contribution < -0.4 is 4.31 Å². The van der Waals surface area contributed by atoms with Gasteiger partial charge in [0.15, 0.2) is 0 Å². The van der Waals surface area contributed by atoms with Gasteiger partial charge in [-0.25, -0.2) is 13.2 Å². The minimum atomic E-state index is -3.92. The van der Waals surface area contributed by atoms with Crippen molar-refractivity contribution in [3.05, 3.63) is 59.7 Å². The number of nitrogens with zero attached hydrogens (tertiary/aromatic N) is 2. The number of benzene rings is 2. The molecule has 1 aliphatic rings. The predicted octanol–water partition coefficient (Wildman–Crippen LogP) is 2.46. The Hall–Kier alpha value is -2.91. The van der Waals surface area contributed by atoms with Crippen LogP contribution in [0.4, 0.5) is 5.69 Å². The van der Waals surface area contributed by atoms with Crippen LogP contribution in [0.25, 0.3) is 0 Å². The van der Waals surface area contributed by atoms with Crippen LogP contribution in [-0.4, -0.2) is 63.7 Å². The Bertz CT molecular complexity index is 1040. The number of ether oxygens (including phenoxy) is 1. The van der Waals surface area contributed by atoms with Gasteiger partial charge in [-0.1, -0.05) is 18.2 Å². The number of carbonyl (C=O) groups excluding carboxylic acids is 1. The lowest BCUT2D eigenvalue weighted by Crippen LogP contribution is -2.38. The SMILES string of the molecule is COCC1CCCN1C(=O)c1cc(C(=O)O)cc(N(C)S(=O)(=O)c2ccccc2)c1. The zero-order chi connectivity index (χ0) is 21.9. The van der Waals surface area contributed by atoms with Crippen molar-refractivity contribution in [1.29, 1.82) is 0 Å². The Morgan fingerprint density at radius 2 is 1.83 bits per heavy atom. The van der Waals surface area contributed by atoms with E-state index in [-0.39, 0.29) is 33.7 Å². The fraction of sp³-hybridized carbons (Fsp3) is 0.333. The number of methoxy groups -OCH3 is 1. The molecule has 1 atom stereocenters. The number of anilines is 1. The minimum Gasteiger partial charge on any atom is -0.478 e. The van der Waals surface area contributed by atoms with Crippen LogP contribution in [0.15, 0.2) is 53.4 Å². The minimum absolute atomic E-state index is 0.0702. The van der Waals surface area contributed by atoms with Crippen molar-refractivity contribution in [1.82, 2.24) is 4.90 Å². The first kappa shape index (κ1) is 21.8. The maximum atomic E-state index is 13.1. The topological polar surface area (TPSA) is 104 Å². The summed E-state index contributed by atoms with van der Waals surface area (Å²) in [4.78, 5) is 26.5. The average Bonchev–Trinajstić information content (AvgIpc) is 3.21. The maximum absolute atomic E-state index is 13.1. The van der Waals surface area contributed by atoms with Crippen LogP contribution in [0.1, 0.15) is 33.6 Å². The fourth-order valence-corrected chi connectivity index (χ4v) is 4.76. The Morgan fingerprint density at radius 1 is 1.17 bits per heavy atom. The molecule has 1 N–H and O–H groups in total. The lowest BCUT2D eigenvalue weighted by molar-refractivity contribution is 0.0630. The second kappa shape index (κ2) is 8.85. The van der Waals surface area contributed by atoms with E-state index in [4.69, 9.17) is 4.74 Å². The number of carboxylic acids is 1. The molecule has 0 saturated carbocycles. The molecule has 0 bridgehead atoms. The summed E-state index contributed by atoms with van der Waals surface area (Å²) in [5, 5.41) is 9.51. The van der Waals surface area contributed by atoms with Gasteiger partial charge in [-0.05, 0) is 43.2 Å². The van der Waals surface area contributed by atoms with Crippen LogP contribution in [0.5, 0.6) is 0 Å². The van der Waals surface area contributed by atoms with Crippen molar-refractivity contribution in [3.63, 3.8) is 0 Å². The molecule has 8 nitrogen and oxygen atoms in total. The lowest BCUT2D eigenvalue weighted by Gasteiger charge is -2.25. The molecule has 1 unspecified atom stereocenters. The molecule has 1 saturated heterocycles. The quantitative estimate of drug-likeness (QED) is 0.721. The van der Waals surface area contributed by atoms with Gasteiger partial charge < -0.3 is 14.7 Å². The summed E-state index contributed by atoms with van der Waals surface area (Å²) in [5.74, 6) is -1.59. The number of hydrogen-bond donors (Lipinski definition) is 1. The van der Waals surface area contributed by atoms with E-state index in [1.807, 2.05) is 0 Å². The molecule has 1 heterocycles. The highest BCUT2D eigenvalue weighted by Crippen LogP contribution is 2.27. The van der Waals surface area contributed by atoms with Crippen molar-refractivity contribution in [3.8, 4) is 0 Å². The van der Waals surface area contributed by atoms with Gasteiger partial charge >= 0.3 is 5.97 Å². The number of sulfonamides is 1. The standard InChI is InChI=1S/C21H24N2O6S/c1-22(30(27,28)19-8-4-3-5-9-19)18-12-15(11-16(13-18)21(25)26)20(24)23-10-6-7-17(23)14-29-2/h3-5,8-9,11-13,17H,6-7,10,14H2,1-2H3,(H,25,26). The van der Waals surface area contributed by atoms with Crippen molar-refractivity contribution >= 4 is 27.6 Å². The monoisotopic (exact) mass is 432 g/mol. The normalized spacial score (nSPS) is 16.5. The van der Waals surface area contributed by atoms with Gasteiger partial charge in [0.25, 0.3) is 15.9 Å². The third kappa shape index (κ3) is 4.31. The summed E-state index contributed by atoms with van der Waals surface area (Å²) in [6.45, 7) is 0.928. The van der Waals surface area contributed by atoms with E-state index in [9.17, 15) is 23.1 Å². The molecule has 160 valence electrons. The highest BCUT2D eigenvalue weighted by molar-refractivity contribution is 7.92. The van der Waals surface area contributed by atoms with Crippen LogP contribution in [0.3, 0.4) is 0 Å². The molecule has 1 amide bonds. The largest absolute Gasteiger partial charge is 0.478 e. The molecular formula is C21H24N2O6S. The molecule has 0 aliphatic carbocycles. The van der Waals surface area contributed by atoms with Gasteiger partial charge in [-0.2, -0.15) is 0 Å². The first-order chi connectivity index (χ1) is 14.3. The molecule has 0 spiro atoms. The smallest absolute Gasteiger partial charge is 0.335 e. The number of amides is 1. The van der Waals surface area contributed by atoms with Crippen LogP contribution in [-0.2, 0) is 14.8 Å². The Morgan fingerprint density at radius 3 is 2.47 bits per heavy atom. The highest BCUT2D eigenvalue weighted by atomic mass is 32.2. The molecule has 30 heavy (non-hydrogen) atoms. The van der Waals surface area contributed by atoms with Gasteiger partial charge in [-0.15, -0.1) is 0 Å². The van der Waals surface area contributed by atoms with Crippen molar-refractivity contribution in [2.75, 3.05) is 31.6 Å². The first-order valence-corrected chi connectivity index (χ1v) is 10.9. The number of hydrogen-bond acceptors (Lipinski definition) is 5. The predicted molar refractivity (Wildman–Crippen MR) is 111 cm³/mol. The summed E-state index contributed by atoms with van der Waals surface area (Å²) >= 11 is 0. The number of carbonyl (C=O) groups is 2. The molecular weight excluding hydrogens is 408 g/mol. The molecule has 0 aromatic heterocycles. The first-order valence-electron chi connectivity index (χ1n) is 9.48. The number of likely N-dealkylation sites (tertiary alicyclic amines) is 1. The molecule has 9 heteroatoms. The maximum Gasteiger partial charge on any atom is 0.335 e. The van der Waals surface area contributed by atoms with Gasteiger partial charge in [0.2, 0.25) is 0 Å². The molecule has 1 fully saturated rings. The van der Waals surface area contributed by atoms with E-state index in [2.05, 4.69) is 0 Å².